The lowest BCUT2D eigenvalue weighted by Gasteiger charge is -2.15. The number of hydrogen-bond donors (Lipinski definition) is 2. The van der Waals surface area contributed by atoms with E-state index in [0.717, 1.165) is 12.0 Å². The van der Waals surface area contributed by atoms with Crippen molar-refractivity contribution in [2.75, 3.05) is 0 Å². The number of carbonyl (C=O) groups excluding carboxylic acids is 1. The first-order valence-electron chi connectivity index (χ1n) is 6.51. The van der Waals surface area contributed by atoms with Gasteiger partial charge in [0.15, 0.2) is 0 Å². The third-order valence-corrected chi connectivity index (χ3v) is 4.20. The van der Waals surface area contributed by atoms with Gasteiger partial charge in [-0.05, 0) is 43.2 Å². The number of aliphatic carboxylic acids is 1. The first-order valence-corrected chi connectivity index (χ1v) is 6.51. The molecule has 0 saturated heterocycles. The molecule has 100 valence electrons. The number of nitrogens with one attached hydrogen (secondary N) is 1. The summed E-state index contributed by atoms with van der Waals surface area (Å²) < 4.78 is 0. The van der Waals surface area contributed by atoms with Crippen LogP contribution in [0.25, 0.3) is 0 Å². The molecule has 0 aromatic carbocycles. The molecule has 1 aromatic heterocycles. The Labute approximate surface area is 111 Å². The molecule has 2 fully saturated rings. The van der Waals surface area contributed by atoms with Crippen molar-refractivity contribution in [2.24, 2.45) is 17.8 Å². The van der Waals surface area contributed by atoms with E-state index in [-0.39, 0.29) is 23.8 Å². The number of aryl methyl sites for hydroxylation is 1. The second kappa shape index (κ2) is 4.33. The van der Waals surface area contributed by atoms with Gasteiger partial charge in [-0.15, -0.1) is 0 Å². The number of rotatable bonds is 3. The summed E-state index contributed by atoms with van der Waals surface area (Å²) in [5.74, 6) is -0.563. The first-order chi connectivity index (χ1) is 9.06. The molecule has 1 heterocycles. The van der Waals surface area contributed by atoms with Crippen LogP contribution in [0.5, 0.6) is 0 Å². The van der Waals surface area contributed by atoms with Gasteiger partial charge in [0.25, 0.3) is 5.91 Å². The number of aromatic nitrogens is 1. The van der Waals surface area contributed by atoms with E-state index in [1.807, 2.05) is 6.92 Å². The maximum Gasteiger partial charge on any atom is 0.306 e. The van der Waals surface area contributed by atoms with Crippen molar-refractivity contribution in [1.29, 1.82) is 0 Å². The monoisotopic (exact) mass is 260 g/mol. The second-order valence-corrected chi connectivity index (χ2v) is 5.57. The zero-order valence-corrected chi connectivity index (χ0v) is 10.7. The van der Waals surface area contributed by atoms with Crippen LogP contribution in [-0.2, 0) is 4.79 Å². The van der Waals surface area contributed by atoms with Gasteiger partial charge in [-0.3, -0.25) is 14.6 Å². The largest absolute Gasteiger partial charge is 0.481 e. The molecule has 5 heteroatoms. The number of pyridine rings is 1. The average Bonchev–Trinajstić information content (AvgIpc) is 3.07. The van der Waals surface area contributed by atoms with E-state index >= 15 is 0 Å². The molecule has 4 atom stereocenters. The molecular weight excluding hydrogens is 244 g/mol. The van der Waals surface area contributed by atoms with Crippen LogP contribution >= 0.6 is 0 Å². The van der Waals surface area contributed by atoms with Crippen LogP contribution in [0.4, 0.5) is 0 Å². The highest BCUT2D eigenvalue weighted by molar-refractivity contribution is 5.94. The van der Waals surface area contributed by atoms with Gasteiger partial charge in [-0.25, -0.2) is 0 Å². The van der Waals surface area contributed by atoms with Gasteiger partial charge in [0.1, 0.15) is 0 Å². The van der Waals surface area contributed by atoms with Crippen molar-refractivity contribution in [3.63, 3.8) is 0 Å². The Balaban J connectivity index is 1.67. The molecule has 0 unspecified atom stereocenters. The van der Waals surface area contributed by atoms with Crippen LogP contribution < -0.4 is 5.32 Å². The number of nitrogens with zero attached hydrogens (tertiary/aromatic N) is 1. The van der Waals surface area contributed by atoms with E-state index in [4.69, 9.17) is 5.11 Å². The molecule has 2 aliphatic carbocycles. The SMILES string of the molecule is Cc1cncc(C(=O)N[C@@H]2C[C@H](C(=O)O)[C@H]3C[C@H]32)c1. The maximum atomic E-state index is 12.1. The number of hydrogen-bond acceptors (Lipinski definition) is 3. The van der Waals surface area contributed by atoms with Crippen molar-refractivity contribution in [3.8, 4) is 0 Å². The van der Waals surface area contributed by atoms with Crippen LogP contribution in [0.3, 0.4) is 0 Å². The highest BCUT2D eigenvalue weighted by Crippen LogP contribution is 2.55. The molecule has 2 saturated carbocycles. The van der Waals surface area contributed by atoms with Gasteiger partial charge in [0.05, 0.1) is 11.5 Å². The lowest BCUT2D eigenvalue weighted by atomic mass is 10.0. The van der Waals surface area contributed by atoms with E-state index in [0.29, 0.717) is 17.9 Å². The van der Waals surface area contributed by atoms with E-state index < -0.39 is 5.97 Å². The van der Waals surface area contributed by atoms with Gasteiger partial charge in [0, 0.05) is 18.4 Å². The Bertz CT molecular complexity index is 543. The smallest absolute Gasteiger partial charge is 0.306 e. The summed E-state index contributed by atoms with van der Waals surface area (Å²) in [5.41, 5.74) is 1.47. The minimum atomic E-state index is -0.735. The summed E-state index contributed by atoms with van der Waals surface area (Å²) in [4.78, 5) is 27.2. The molecular formula is C14H16N2O3. The molecule has 1 amide bonds. The molecule has 2 N–H and O–H groups in total. The van der Waals surface area contributed by atoms with E-state index in [2.05, 4.69) is 10.3 Å². The van der Waals surface area contributed by atoms with Crippen molar-refractivity contribution >= 4 is 11.9 Å². The average molecular weight is 260 g/mol. The van der Waals surface area contributed by atoms with E-state index in [9.17, 15) is 9.59 Å². The molecule has 2 aliphatic rings. The summed E-state index contributed by atoms with van der Waals surface area (Å²) in [7, 11) is 0. The quantitative estimate of drug-likeness (QED) is 0.856. The van der Waals surface area contributed by atoms with Crippen LogP contribution in [0.2, 0.25) is 0 Å². The van der Waals surface area contributed by atoms with Gasteiger partial charge in [-0.1, -0.05) is 0 Å². The minimum absolute atomic E-state index is 0.000822. The van der Waals surface area contributed by atoms with Crippen LogP contribution in [0.1, 0.15) is 28.8 Å². The molecule has 3 rings (SSSR count). The number of amides is 1. The van der Waals surface area contributed by atoms with E-state index in [1.54, 1.807) is 12.3 Å². The lowest BCUT2D eigenvalue weighted by Crippen LogP contribution is -2.36. The van der Waals surface area contributed by atoms with Gasteiger partial charge < -0.3 is 10.4 Å². The molecule has 0 bridgehead atoms. The third kappa shape index (κ3) is 2.20. The fraction of sp³-hybridized carbons (Fsp3) is 0.500. The van der Waals surface area contributed by atoms with Crippen molar-refractivity contribution < 1.29 is 14.7 Å². The first kappa shape index (κ1) is 12.1. The summed E-state index contributed by atoms with van der Waals surface area (Å²) in [6, 6.07) is 1.79. The van der Waals surface area contributed by atoms with Gasteiger partial charge in [-0.2, -0.15) is 0 Å². The van der Waals surface area contributed by atoms with Crippen molar-refractivity contribution in [3.05, 3.63) is 29.6 Å². The summed E-state index contributed by atoms with van der Waals surface area (Å²) in [6.45, 7) is 1.89. The Hall–Kier alpha value is -1.91. The molecule has 19 heavy (non-hydrogen) atoms. The predicted molar refractivity (Wildman–Crippen MR) is 67.6 cm³/mol. The standard InChI is InChI=1S/C14H16N2O3/c1-7-2-8(6-15-5-7)13(17)16-12-4-11(14(18)19)9-3-10(9)12/h2,5-6,9-12H,3-4H2,1H3,(H,16,17)(H,18,19)/t9-,10+,11-,12+/m0/s1. The summed E-state index contributed by atoms with van der Waals surface area (Å²) in [6.07, 6.45) is 4.71. The number of carboxylic acid groups (broad SMARTS) is 1. The molecule has 0 aliphatic heterocycles. The zero-order valence-electron chi connectivity index (χ0n) is 10.7. The lowest BCUT2D eigenvalue weighted by molar-refractivity contribution is -0.142. The zero-order chi connectivity index (χ0) is 13.6. The topological polar surface area (TPSA) is 79.3 Å². The normalized spacial score (nSPS) is 31.6. The summed E-state index contributed by atoms with van der Waals surface area (Å²) >= 11 is 0. The predicted octanol–water partition coefficient (Wildman–Crippen LogP) is 1.23. The van der Waals surface area contributed by atoms with Crippen molar-refractivity contribution in [1.82, 2.24) is 10.3 Å². The Morgan fingerprint density at radius 3 is 2.74 bits per heavy atom. The number of carbonyl (C=O) groups is 2. The van der Waals surface area contributed by atoms with Crippen LogP contribution in [-0.4, -0.2) is 28.0 Å². The molecule has 0 spiro atoms. The maximum absolute atomic E-state index is 12.1. The van der Waals surface area contributed by atoms with Gasteiger partial charge >= 0.3 is 5.97 Å². The van der Waals surface area contributed by atoms with Crippen LogP contribution in [0, 0.1) is 24.7 Å². The highest BCUT2D eigenvalue weighted by Gasteiger charge is 2.57. The Morgan fingerprint density at radius 1 is 1.32 bits per heavy atom. The highest BCUT2D eigenvalue weighted by atomic mass is 16.4. The number of carboxylic acids is 1. The van der Waals surface area contributed by atoms with Crippen LogP contribution in [0.15, 0.2) is 18.5 Å². The van der Waals surface area contributed by atoms with Crippen molar-refractivity contribution in [2.45, 2.75) is 25.8 Å². The third-order valence-electron chi connectivity index (χ3n) is 4.20. The van der Waals surface area contributed by atoms with Gasteiger partial charge in [0.2, 0.25) is 0 Å². The second-order valence-electron chi connectivity index (χ2n) is 5.57. The minimum Gasteiger partial charge on any atom is -0.481 e. The molecule has 0 radical (unpaired) electrons. The fourth-order valence-corrected chi connectivity index (χ4v) is 3.16. The Kier molecular flexibility index (Phi) is 2.77. The molecule has 5 nitrogen and oxygen atoms in total. The number of fused-ring (bicyclic) bond motifs is 1. The van der Waals surface area contributed by atoms with E-state index in [1.165, 1.54) is 6.20 Å². The molecule has 1 aromatic rings. The fourth-order valence-electron chi connectivity index (χ4n) is 3.16. The summed E-state index contributed by atoms with van der Waals surface area (Å²) in [5, 5.41) is 12.0. The Morgan fingerprint density at radius 2 is 2.11 bits per heavy atom.